The van der Waals surface area contributed by atoms with Gasteiger partial charge in [0.1, 0.15) is 11.9 Å². The van der Waals surface area contributed by atoms with Crippen LogP contribution in [0.5, 0.6) is 5.88 Å². The van der Waals surface area contributed by atoms with E-state index in [2.05, 4.69) is 33.9 Å². The van der Waals surface area contributed by atoms with E-state index < -0.39 is 17.8 Å². The predicted molar refractivity (Wildman–Crippen MR) is 168 cm³/mol. The van der Waals surface area contributed by atoms with Crippen LogP contribution in [-0.2, 0) is 0 Å². The molecule has 0 radical (unpaired) electrons. The highest BCUT2D eigenvalue weighted by Gasteiger charge is 2.85. The van der Waals surface area contributed by atoms with Crippen molar-refractivity contribution in [2.45, 2.75) is 88.5 Å². The maximum absolute atomic E-state index is 14.0. The molecule has 2 aromatic rings. The number of nitrogens with two attached hydrogens (primary N) is 1. The predicted octanol–water partition coefficient (Wildman–Crippen LogP) is 4.09. The molecule has 238 valence electrons. The second kappa shape index (κ2) is 11.3. The van der Waals surface area contributed by atoms with Crippen molar-refractivity contribution in [2.24, 2.45) is 28.4 Å². The summed E-state index contributed by atoms with van der Waals surface area (Å²) in [6.07, 6.45) is 11.8. The lowest BCUT2D eigenvalue weighted by Gasteiger charge is -2.34. The number of hydrogen-bond donors (Lipinski definition) is 4. The number of halogens is 1. The summed E-state index contributed by atoms with van der Waals surface area (Å²) in [5.74, 6) is 2.72. The van der Waals surface area contributed by atoms with Gasteiger partial charge in [-0.05, 0) is 119 Å². The van der Waals surface area contributed by atoms with Crippen LogP contribution in [0.25, 0.3) is 5.82 Å². The molecule has 4 atom stereocenters. The Morgan fingerprint density at radius 3 is 2.68 bits per heavy atom. The number of carbonyl (C=O) groups excluding carboxylic acids is 1. The summed E-state index contributed by atoms with van der Waals surface area (Å²) < 4.78 is 24.6. The fraction of sp³-hybridized carbons (Fsp3) is 0.656. The van der Waals surface area contributed by atoms with Crippen LogP contribution in [0.2, 0.25) is 0 Å². The first-order valence-corrected chi connectivity index (χ1v) is 16.9. The second-order valence-corrected chi connectivity index (χ2v) is 14.9. The van der Waals surface area contributed by atoms with Gasteiger partial charge in [0.05, 0.1) is 17.5 Å². The van der Waals surface area contributed by atoms with E-state index in [0.717, 1.165) is 50.1 Å². The minimum Gasteiger partial charge on any atom is -0.477 e. The van der Waals surface area contributed by atoms with E-state index in [1.54, 1.807) is 22.9 Å². The molecule has 3 saturated carbocycles. The Kier molecular flexibility index (Phi) is 7.70. The topological polar surface area (TPSA) is 131 Å². The van der Waals surface area contributed by atoms with Gasteiger partial charge in [-0.25, -0.2) is 14.1 Å². The van der Waals surface area contributed by atoms with E-state index in [4.69, 9.17) is 15.5 Å². The van der Waals surface area contributed by atoms with E-state index >= 15 is 0 Å². The molecule has 0 aromatic carbocycles. The van der Waals surface area contributed by atoms with Crippen molar-refractivity contribution >= 4 is 23.7 Å². The highest BCUT2D eigenvalue weighted by Crippen LogP contribution is 2.93. The third kappa shape index (κ3) is 5.41. The fourth-order valence-electron chi connectivity index (χ4n) is 8.33. The van der Waals surface area contributed by atoms with E-state index in [0.29, 0.717) is 53.0 Å². The van der Waals surface area contributed by atoms with Crippen LogP contribution in [0.1, 0.15) is 75.6 Å². The van der Waals surface area contributed by atoms with Gasteiger partial charge in [-0.2, -0.15) is 0 Å². The van der Waals surface area contributed by atoms with Crippen LogP contribution in [0.4, 0.5) is 10.2 Å². The number of aliphatic hydroxyl groups is 1. The lowest BCUT2D eigenvalue weighted by Crippen LogP contribution is -2.44. The van der Waals surface area contributed by atoms with Gasteiger partial charge in [0.2, 0.25) is 5.88 Å². The molecule has 0 bridgehead atoms. The van der Waals surface area contributed by atoms with Gasteiger partial charge in [-0.15, -0.1) is 5.10 Å². The SMILES string of the molecule is CC1(C)CC(CCCN)CN1c1nc(-n2ccc(OCCC3C4(CC4)C34CC4)n2)ccc1C(=O)NSC1C=C[C@H](O)C(F)N1. The van der Waals surface area contributed by atoms with Crippen molar-refractivity contribution in [3.63, 3.8) is 0 Å². The van der Waals surface area contributed by atoms with E-state index in [9.17, 15) is 14.3 Å². The van der Waals surface area contributed by atoms with Crippen LogP contribution >= 0.6 is 11.9 Å². The summed E-state index contributed by atoms with van der Waals surface area (Å²) in [6, 6.07) is 5.44. The van der Waals surface area contributed by atoms with Crippen molar-refractivity contribution in [3.8, 4) is 11.7 Å². The Labute approximate surface area is 262 Å². The third-order valence-corrected chi connectivity index (χ3v) is 11.6. The smallest absolute Gasteiger partial charge is 0.264 e. The summed E-state index contributed by atoms with van der Waals surface area (Å²) in [4.78, 5) is 20.8. The number of hydrogen-bond acceptors (Lipinski definition) is 9. The molecule has 10 nitrogen and oxygen atoms in total. The number of aliphatic hydroxyl groups excluding tert-OH is 1. The van der Waals surface area contributed by atoms with Crippen LogP contribution in [-0.4, -0.2) is 68.8 Å². The lowest BCUT2D eigenvalue weighted by molar-refractivity contribution is 0.0865. The normalized spacial score (nSPS) is 28.9. The molecule has 4 fully saturated rings. The Bertz CT molecular complexity index is 1410. The first-order valence-electron chi connectivity index (χ1n) is 16.1. The van der Waals surface area contributed by atoms with Gasteiger partial charge in [0.25, 0.3) is 5.91 Å². The molecule has 2 aromatic heterocycles. The maximum Gasteiger partial charge on any atom is 0.264 e. The van der Waals surface area contributed by atoms with Crippen molar-refractivity contribution < 1.29 is 19.0 Å². The molecular formula is C32H44FN7O3S. The quantitative estimate of drug-likeness (QED) is 0.157. The summed E-state index contributed by atoms with van der Waals surface area (Å²) in [5.41, 5.74) is 7.37. The average Bonchev–Trinajstić information content (AvgIpc) is 3.96. The van der Waals surface area contributed by atoms with Gasteiger partial charge in [-0.1, -0.05) is 12.2 Å². The number of nitrogens with one attached hydrogen (secondary N) is 2. The monoisotopic (exact) mass is 625 g/mol. The van der Waals surface area contributed by atoms with Gasteiger partial charge >= 0.3 is 0 Å². The molecule has 5 N–H and O–H groups in total. The zero-order valence-corrected chi connectivity index (χ0v) is 26.4. The number of rotatable bonds is 12. The van der Waals surface area contributed by atoms with Crippen molar-refractivity contribution in [1.29, 1.82) is 0 Å². The van der Waals surface area contributed by atoms with E-state index in [-0.39, 0.29) is 11.4 Å². The first-order chi connectivity index (χ1) is 21.2. The molecule has 44 heavy (non-hydrogen) atoms. The van der Waals surface area contributed by atoms with Gasteiger partial charge < -0.3 is 20.5 Å². The summed E-state index contributed by atoms with van der Waals surface area (Å²) in [6.45, 7) is 6.46. The highest BCUT2D eigenvalue weighted by atomic mass is 32.2. The number of nitrogens with zero attached hydrogens (tertiary/aromatic N) is 4. The summed E-state index contributed by atoms with van der Waals surface area (Å²) in [7, 11) is 0. The number of aromatic nitrogens is 3. The first kappa shape index (κ1) is 30.0. The highest BCUT2D eigenvalue weighted by molar-refractivity contribution is 7.98. The number of alkyl halides is 1. The minimum atomic E-state index is -1.59. The molecule has 2 spiro atoms. The van der Waals surface area contributed by atoms with Gasteiger partial charge in [0, 0.05) is 24.3 Å². The van der Waals surface area contributed by atoms with Crippen molar-refractivity contribution in [1.82, 2.24) is 24.8 Å². The molecule has 2 aliphatic heterocycles. The second-order valence-electron chi connectivity index (χ2n) is 14.0. The van der Waals surface area contributed by atoms with Crippen LogP contribution in [0, 0.1) is 22.7 Å². The number of amides is 1. The van der Waals surface area contributed by atoms with Crippen LogP contribution in [0.3, 0.4) is 0 Å². The van der Waals surface area contributed by atoms with E-state index in [1.807, 2.05) is 12.3 Å². The maximum atomic E-state index is 14.0. The molecule has 1 saturated heterocycles. The van der Waals surface area contributed by atoms with Crippen LogP contribution in [0.15, 0.2) is 36.5 Å². The third-order valence-electron chi connectivity index (χ3n) is 10.8. The molecule has 3 unspecified atom stereocenters. The van der Waals surface area contributed by atoms with Gasteiger partial charge in [0.15, 0.2) is 12.1 Å². The molecule has 4 heterocycles. The Morgan fingerprint density at radius 1 is 1.20 bits per heavy atom. The molecule has 5 aliphatic rings. The average molecular weight is 626 g/mol. The van der Waals surface area contributed by atoms with Crippen LogP contribution < -0.4 is 25.4 Å². The van der Waals surface area contributed by atoms with Gasteiger partial charge in [-0.3, -0.25) is 14.8 Å². The van der Waals surface area contributed by atoms with E-state index in [1.165, 1.54) is 31.8 Å². The number of ether oxygens (including phenoxy) is 1. The number of fused-ring (bicyclic) bond motifs is 1. The minimum absolute atomic E-state index is 0.225. The zero-order chi connectivity index (χ0) is 30.7. The number of anilines is 1. The standard InChI is InChI=1S/C32H44FN7O3S/c1-30(2)18-20(4-3-15-34)19-39(30)28-21(29(42)38-44-26-8-6-22(41)27(33)36-26)5-7-24(35-28)40-16-9-25(37-40)43-17-10-23-31(11-12-31)32(23)13-14-32/h5-9,16,20,22-23,26-27,36,41H,3-4,10-15,17-19,34H2,1-2H3,(H,38,42)/t20?,22-,26?,27?/m0/s1. The molecule has 7 rings (SSSR count). The molecular weight excluding hydrogens is 581 g/mol. The van der Waals surface area contributed by atoms with Crippen molar-refractivity contribution in [3.05, 3.63) is 42.1 Å². The zero-order valence-electron chi connectivity index (χ0n) is 25.5. The summed E-state index contributed by atoms with van der Waals surface area (Å²) in [5, 5.41) is 16.4. The lowest BCUT2D eigenvalue weighted by atomic mass is 9.93. The largest absolute Gasteiger partial charge is 0.477 e. The molecule has 12 heteroatoms. The Balaban J connectivity index is 1.08. The molecule has 1 amide bonds. The van der Waals surface area contributed by atoms with Crippen molar-refractivity contribution in [2.75, 3.05) is 24.6 Å². The fourth-order valence-corrected chi connectivity index (χ4v) is 9.04. The number of pyridine rings is 1. The molecule has 3 aliphatic carbocycles. The Morgan fingerprint density at radius 2 is 1.98 bits per heavy atom. The Hall–Kier alpha value is -2.67. The number of carbonyl (C=O) groups is 1. The summed E-state index contributed by atoms with van der Waals surface area (Å²) >= 11 is 1.05.